The van der Waals surface area contributed by atoms with Gasteiger partial charge < -0.3 is 33.3 Å². The fourth-order valence-electron chi connectivity index (χ4n) is 6.70. The molecule has 0 atom stereocenters. The van der Waals surface area contributed by atoms with Crippen molar-refractivity contribution in [3.05, 3.63) is 164 Å². The number of nitrogens with zero attached hydrogens (tertiary/aromatic N) is 3. The van der Waals surface area contributed by atoms with E-state index in [9.17, 15) is 0 Å². The summed E-state index contributed by atoms with van der Waals surface area (Å²) in [5.41, 5.74) is 8.31. The van der Waals surface area contributed by atoms with Gasteiger partial charge in [0.1, 0.15) is 34.5 Å². The minimum Gasteiger partial charge on any atom is -0.497 e. The normalized spacial score (nSPS) is 10.9. The Balaban J connectivity index is 1.53. The Hall–Kier alpha value is -6.94. The molecule has 0 aliphatic heterocycles. The van der Waals surface area contributed by atoms with Crippen LogP contribution in [0.2, 0.25) is 0 Å². The zero-order valence-corrected chi connectivity index (χ0v) is 32.9. The van der Waals surface area contributed by atoms with Gasteiger partial charge in [-0.05, 0) is 97.1 Å². The zero-order valence-electron chi connectivity index (χ0n) is 32.9. The minimum atomic E-state index is 0.762. The number of rotatable bonds is 15. The van der Waals surface area contributed by atoms with Crippen LogP contribution in [0.4, 0.5) is 51.2 Å². The highest BCUT2D eigenvalue weighted by molar-refractivity contribution is 5.84. The lowest BCUT2D eigenvalue weighted by Gasteiger charge is -2.27. The average molecular weight is 760 g/mol. The molecule has 0 bridgehead atoms. The molecule has 0 saturated carbocycles. The summed E-state index contributed by atoms with van der Waals surface area (Å²) in [4.78, 5) is 6.69. The fourth-order valence-corrected chi connectivity index (χ4v) is 6.70. The quantitative estimate of drug-likeness (QED) is 0.0964. The predicted octanol–water partition coefficient (Wildman–Crippen LogP) is 12.1. The van der Waals surface area contributed by atoms with Crippen LogP contribution < -0.4 is 43.1 Å². The molecule has 7 rings (SSSR count). The topological polar surface area (TPSA) is 70.4 Å². The van der Waals surface area contributed by atoms with Crippen molar-refractivity contribution in [2.45, 2.75) is 0 Å². The monoisotopic (exact) mass is 759 g/mol. The highest BCUT2D eigenvalue weighted by Gasteiger charge is 2.34. The van der Waals surface area contributed by atoms with Gasteiger partial charge >= 0.3 is 0 Å². The first kappa shape index (κ1) is 38.3. The van der Waals surface area contributed by atoms with Gasteiger partial charge in [0, 0.05) is 72.0 Å². The van der Waals surface area contributed by atoms with Crippen molar-refractivity contribution in [2.75, 3.05) is 47.6 Å². The van der Waals surface area contributed by atoms with E-state index in [1.165, 1.54) is 0 Å². The van der Waals surface area contributed by atoms with Crippen LogP contribution >= 0.6 is 0 Å². The molecule has 9 nitrogen and oxygen atoms in total. The van der Waals surface area contributed by atoms with Gasteiger partial charge in [0.25, 0.3) is 0 Å². The van der Waals surface area contributed by atoms with Crippen LogP contribution in [0.5, 0.6) is 34.5 Å². The molecule has 286 valence electrons. The standard InChI is InChI=1S/C48H45N3O6/c1-52-43-19-7-34(8-20-43)49(35-9-21-44(53-2)22-10-35)40-31-41(50(36-11-23-45(54-3)24-12-36)37-13-25-46(55-4)26-14-37)33-42(32-40)51(38-15-27-47(56-5)28-16-38)39-17-29-48(57-6)30-18-39/h7-33H,1-6H3/q+2. The SMILES string of the molecule is COc1ccc(N(c2ccc(OC)cc2)c2cc([N+](c3ccc(OC)cc3)c3ccc(OC)cc3)cc([N+](c3ccc(OC)cc3)c3ccc(OC)cc3)c2)cc1. The van der Waals surface area contributed by atoms with Gasteiger partial charge in [0.05, 0.1) is 54.4 Å². The Kier molecular flexibility index (Phi) is 11.9. The first-order valence-electron chi connectivity index (χ1n) is 18.3. The maximum Gasteiger partial charge on any atom is 0.200 e. The van der Waals surface area contributed by atoms with Crippen molar-refractivity contribution in [3.63, 3.8) is 0 Å². The smallest absolute Gasteiger partial charge is 0.200 e. The van der Waals surface area contributed by atoms with Gasteiger partial charge in [-0.3, -0.25) is 0 Å². The lowest BCUT2D eigenvalue weighted by molar-refractivity contribution is 0.414. The van der Waals surface area contributed by atoms with Gasteiger partial charge in [-0.2, -0.15) is 0 Å². The van der Waals surface area contributed by atoms with Crippen molar-refractivity contribution in [1.29, 1.82) is 0 Å². The van der Waals surface area contributed by atoms with E-state index in [0.29, 0.717) is 0 Å². The molecule has 0 amide bonds. The second-order valence-electron chi connectivity index (χ2n) is 12.9. The van der Waals surface area contributed by atoms with E-state index in [4.69, 9.17) is 28.4 Å². The Bertz CT molecular complexity index is 1930. The van der Waals surface area contributed by atoms with E-state index < -0.39 is 0 Å². The molecule has 0 aromatic heterocycles. The Morgan fingerprint density at radius 1 is 0.263 bits per heavy atom. The molecular formula is C48H45N3O6+2. The summed E-state index contributed by atoms with van der Waals surface area (Å²) in [5.74, 6) is 4.57. The predicted molar refractivity (Wildman–Crippen MR) is 228 cm³/mol. The van der Waals surface area contributed by atoms with Crippen LogP contribution in [0.15, 0.2) is 164 Å². The molecule has 0 spiro atoms. The van der Waals surface area contributed by atoms with Crippen LogP contribution in [-0.2, 0) is 0 Å². The first-order chi connectivity index (χ1) is 27.9. The molecule has 0 N–H and O–H groups in total. The lowest BCUT2D eigenvalue weighted by Crippen LogP contribution is -2.17. The van der Waals surface area contributed by atoms with Crippen molar-refractivity contribution in [2.24, 2.45) is 0 Å². The molecule has 7 aromatic carbocycles. The fraction of sp³-hybridized carbons (Fsp3) is 0.125. The molecule has 0 saturated heterocycles. The molecule has 2 radical (unpaired) electrons. The molecule has 0 fully saturated rings. The average Bonchev–Trinajstić information content (AvgIpc) is 3.28. The molecule has 9 heteroatoms. The van der Waals surface area contributed by atoms with Crippen LogP contribution in [0.3, 0.4) is 0 Å². The Morgan fingerprint density at radius 2 is 0.491 bits per heavy atom. The number of anilines is 9. The summed E-state index contributed by atoms with van der Waals surface area (Å²) in [7, 11) is 10.0. The van der Waals surface area contributed by atoms with Gasteiger partial charge in [0.15, 0.2) is 22.7 Å². The third-order valence-corrected chi connectivity index (χ3v) is 9.65. The van der Waals surface area contributed by atoms with E-state index in [1.54, 1.807) is 42.7 Å². The van der Waals surface area contributed by atoms with Crippen LogP contribution in [0.1, 0.15) is 0 Å². The summed E-state index contributed by atoms with van der Waals surface area (Å²) < 4.78 is 33.4. The third-order valence-electron chi connectivity index (χ3n) is 9.65. The van der Waals surface area contributed by atoms with Gasteiger partial charge in [-0.15, -0.1) is 0 Å². The highest BCUT2D eigenvalue weighted by atomic mass is 16.5. The van der Waals surface area contributed by atoms with E-state index in [-0.39, 0.29) is 0 Å². The van der Waals surface area contributed by atoms with Crippen molar-refractivity contribution < 1.29 is 28.4 Å². The van der Waals surface area contributed by atoms with Crippen molar-refractivity contribution >= 4 is 51.2 Å². The van der Waals surface area contributed by atoms with Crippen LogP contribution in [0, 0.1) is 0 Å². The maximum absolute atomic E-state index is 5.57. The molecular weight excluding hydrogens is 715 g/mol. The molecule has 0 aliphatic carbocycles. The summed E-state index contributed by atoms with van der Waals surface area (Å²) in [5, 5.41) is 0. The van der Waals surface area contributed by atoms with E-state index in [2.05, 4.69) is 106 Å². The molecule has 0 unspecified atom stereocenters. The summed E-state index contributed by atoms with van der Waals surface area (Å²) in [6, 6.07) is 55.0. The molecule has 0 heterocycles. The number of benzene rings is 7. The summed E-state index contributed by atoms with van der Waals surface area (Å²) >= 11 is 0. The third kappa shape index (κ3) is 8.50. The summed E-state index contributed by atoms with van der Waals surface area (Å²) in [6.07, 6.45) is 0. The number of ether oxygens (including phenoxy) is 6. The van der Waals surface area contributed by atoms with Crippen molar-refractivity contribution in [1.82, 2.24) is 9.80 Å². The van der Waals surface area contributed by atoms with E-state index in [1.807, 2.05) is 72.8 Å². The number of hydrogen-bond acceptors (Lipinski definition) is 9. The van der Waals surface area contributed by atoms with E-state index >= 15 is 0 Å². The van der Waals surface area contributed by atoms with E-state index in [0.717, 1.165) is 85.7 Å². The minimum absolute atomic E-state index is 0.762. The second kappa shape index (κ2) is 17.7. The maximum atomic E-state index is 5.57. The Morgan fingerprint density at radius 3 is 0.719 bits per heavy atom. The summed E-state index contributed by atoms with van der Waals surface area (Å²) in [6.45, 7) is 0. The van der Waals surface area contributed by atoms with Crippen LogP contribution in [0.25, 0.3) is 0 Å². The van der Waals surface area contributed by atoms with Crippen LogP contribution in [-0.4, -0.2) is 42.7 Å². The molecule has 0 aliphatic rings. The molecule has 57 heavy (non-hydrogen) atoms. The van der Waals surface area contributed by atoms with Gasteiger partial charge in [-0.25, -0.2) is 0 Å². The Labute approximate surface area is 334 Å². The highest BCUT2D eigenvalue weighted by Crippen LogP contribution is 2.46. The molecule has 7 aromatic rings. The lowest BCUT2D eigenvalue weighted by atomic mass is 10.1. The number of methoxy groups -OCH3 is 6. The van der Waals surface area contributed by atoms with Gasteiger partial charge in [-0.1, -0.05) is 9.80 Å². The van der Waals surface area contributed by atoms with Gasteiger partial charge in [0.2, 0.25) is 11.4 Å². The second-order valence-corrected chi connectivity index (χ2v) is 12.9. The first-order valence-corrected chi connectivity index (χ1v) is 18.3. The zero-order chi connectivity index (χ0) is 39.7. The largest absolute Gasteiger partial charge is 0.497 e. The number of hydrogen-bond donors (Lipinski definition) is 0. The van der Waals surface area contributed by atoms with Crippen molar-refractivity contribution in [3.8, 4) is 34.5 Å².